The summed E-state index contributed by atoms with van der Waals surface area (Å²) in [5.41, 5.74) is 5.46. The number of amides is 1. The van der Waals surface area contributed by atoms with E-state index in [4.69, 9.17) is 14.9 Å². The van der Waals surface area contributed by atoms with Gasteiger partial charge in [0.25, 0.3) is 5.91 Å². The highest BCUT2D eigenvalue weighted by molar-refractivity contribution is 7.16. The number of aromatic nitrogens is 1. The van der Waals surface area contributed by atoms with Crippen molar-refractivity contribution < 1.29 is 13.9 Å². The first kappa shape index (κ1) is 21.9. The molecule has 0 bridgehead atoms. The summed E-state index contributed by atoms with van der Waals surface area (Å²) in [5, 5.41) is 0.735. The molecule has 9 heteroatoms. The van der Waals surface area contributed by atoms with Gasteiger partial charge in [0.15, 0.2) is 10.8 Å². The lowest BCUT2D eigenvalue weighted by Crippen LogP contribution is -2.40. The fourth-order valence-electron chi connectivity index (χ4n) is 2.60. The van der Waals surface area contributed by atoms with Crippen LogP contribution in [0.4, 0.5) is 0 Å². The Morgan fingerprint density at radius 2 is 2.16 bits per heavy atom. The average molecular weight is 408 g/mol. The number of piperidine rings is 1. The Morgan fingerprint density at radius 1 is 1.40 bits per heavy atom. The van der Waals surface area contributed by atoms with Crippen LogP contribution in [-0.2, 0) is 4.74 Å². The number of hydrogen-bond donors (Lipinski definition) is 1. The number of carbonyl (C=O) groups is 1. The van der Waals surface area contributed by atoms with Gasteiger partial charge in [-0.25, -0.2) is 4.98 Å². The maximum Gasteiger partial charge on any atom is 0.265 e. The van der Waals surface area contributed by atoms with E-state index in [-0.39, 0.29) is 36.8 Å². The topological polar surface area (TPSA) is 81.6 Å². The summed E-state index contributed by atoms with van der Waals surface area (Å²) in [6.45, 7) is 2.80. The molecule has 0 atom stereocenters. The zero-order chi connectivity index (χ0) is 16.1. The van der Waals surface area contributed by atoms with Crippen LogP contribution in [0.1, 0.15) is 28.9 Å². The molecular formula is C16H23Cl2N3O3S. The van der Waals surface area contributed by atoms with Crippen molar-refractivity contribution in [3.05, 3.63) is 29.5 Å². The van der Waals surface area contributed by atoms with Gasteiger partial charge in [-0.3, -0.25) is 4.79 Å². The van der Waals surface area contributed by atoms with E-state index in [1.807, 2.05) is 17.0 Å². The van der Waals surface area contributed by atoms with Gasteiger partial charge in [-0.15, -0.1) is 36.2 Å². The van der Waals surface area contributed by atoms with E-state index < -0.39 is 0 Å². The highest BCUT2D eigenvalue weighted by Gasteiger charge is 2.25. The summed E-state index contributed by atoms with van der Waals surface area (Å²) in [6, 6.07) is 3.66. The molecule has 6 nitrogen and oxygen atoms in total. The van der Waals surface area contributed by atoms with Gasteiger partial charge < -0.3 is 19.8 Å². The predicted molar refractivity (Wildman–Crippen MR) is 103 cm³/mol. The lowest BCUT2D eigenvalue weighted by atomic mass is 10.1. The maximum absolute atomic E-state index is 12.6. The van der Waals surface area contributed by atoms with Gasteiger partial charge in [-0.05, 0) is 37.9 Å². The first-order chi connectivity index (χ1) is 11.3. The minimum atomic E-state index is 0. The summed E-state index contributed by atoms with van der Waals surface area (Å²) in [7, 11) is 0. The second-order valence-electron chi connectivity index (χ2n) is 5.51. The predicted octanol–water partition coefficient (Wildman–Crippen LogP) is 3.22. The number of carbonyl (C=O) groups excluding carboxylic acids is 1. The lowest BCUT2D eigenvalue weighted by molar-refractivity contribution is 0.00857. The standard InChI is InChI=1S/C16H21N3O3S.2ClH/c17-6-2-10-21-12-4-7-19(8-5-12)16(20)14-11-18-15(23-14)13-3-1-9-22-13;;/h1,3,9,11-12H,2,4-8,10,17H2;2*1H. The van der Waals surface area contributed by atoms with Gasteiger partial charge in [0.1, 0.15) is 4.88 Å². The summed E-state index contributed by atoms with van der Waals surface area (Å²) in [6.07, 6.45) is 6.11. The molecule has 2 aromatic rings. The lowest BCUT2D eigenvalue weighted by Gasteiger charge is -2.31. The van der Waals surface area contributed by atoms with Gasteiger partial charge >= 0.3 is 0 Å². The maximum atomic E-state index is 12.6. The summed E-state index contributed by atoms with van der Waals surface area (Å²) >= 11 is 1.37. The van der Waals surface area contributed by atoms with E-state index in [1.165, 1.54) is 11.3 Å². The van der Waals surface area contributed by atoms with Crippen LogP contribution in [0, 0.1) is 0 Å². The number of halogens is 2. The zero-order valence-corrected chi connectivity index (χ0v) is 16.2. The minimum absolute atomic E-state index is 0. The number of nitrogens with two attached hydrogens (primary N) is 1. The van der Waals surface area contributed by atoms with E-state index in [1.54, 1.807) is 12.5 Å². The SMILES string of the molecule is Cl.Cl.NCCCOC1CCN(C(=O)c2cnc(-c3ccco3)s2)CC1. The van der Waals surface area contributed by atoms with Crippen molar-refractivity contribution in [3.8, 4) is 10.8 Å². The van der Waals surface area contributed by atoms with Crippen molar-refractivity contribution in [1.29, 1.82) is 0 Å². The van der Waals surface area contributed by atoms with E-state index in [0.29, 0.717) is 23.8 Å². The van der Waals surface area contributed by atoms with Crippen molar-refractivity contribution in [1.82, 2.24) is 9.88 Å². The summed E-state index contributed by atoms with van der Waals surface area (Å²) in [4.78, 5) is 19.4. The molecule has 2 N–H and O–H groups in total. The molecule has 0 unspecified atom stereocenters. The number of furan rings is 1. The number of thiazole rings is 1. The van der Waals surface area contributed by atoms with Crippen LogP contribution in [0.3, 0.4) is 0 Å². The molecule has 3 heterocycles. The van der Waals surface area contributed by atoms with Crippen molar-refractivity contribution in [2.24, 2.45) is 5.73 Å². The molecule has 0 saturated carbocycles. The fourth-order valence-corrected chi connectivity index (χ4v) is 3.45. The normalized spacial score (nSPS) is 14.7. The Kier molecular flexibility index (Phi) is 9.45. The second-order valence-corrected chi connectivity index (χ2v) is 6.54. The molecule has 1 fully saturated rings. The van der Waals surface area contributed by atoms with Gasteiger partial charge in [0, 0.05) is 19.7 Å². The van der Waals surface area contributed by atoms with Crippen LogP contribution < -0.4 is 5.73 Å². The average Bonchev–Trinajstić information content (AvgIpc) is 3.26. The van der Waals surface area contributed by atoms with Crippen LogP contribution in [0.25, 0.3) is 10.8 Å². The van der Waals surface area contributed by atoms with Crippen LogP contribution in [0.2, 0.25) is 0 Å². The molecule has 0 spiro atoms. The van der Waals surface area contributed by atoms with Crippen molar-refractivity contribution in [2.45, 2.75) is 25.4 Å². The van der Waals surface area contributed by atoms with Gasteiger partial charge in [-0.2, -0.15) is 0 Å². The Bertz CT molecular complexity index is 628. The molecule has 140 valence electrons. The molecule has 25 heavy (non-hydrogen) atoms. The number of ether oxygens (including phenoxy) is 1. The molecule has 0 aliphatic carbocycles. The van der Waals surface area contributed by atoms with Crippen molar-refractivity contribution >= 4 is 42.1 Å². The Labute approximate surface area is 163 Å². The van der Waals surface area contributed by atoms with E-state index in [0.717, 1.165) is 37.4 Å². The molecule has 0 aromatic carbocycles. The third kappa shape index (κ3) is 5.69. The van der Waals surface area contributed by atoms with E-state index >= 15 is 0 Å². The molecule has 1 saturated heterocycles. The van der Waals surface area contributed by atoms with Crippen molar-refractivity contribution in [2.75, 3.05) is 26.2 Å². The molecule has 0 radical (unpaired) electrons. The first-order valence-electron chi connectivity index (χ1n) is 7.88. The van der Waals surface area contributed by atoms with Crippen LogP contribution in [0.5, 0.6) is 0 Å². The summed E-state index contributed by atoms with van der Waals surface area (Å²) < 4.78 is 11.1. The Balaban J connectivity index is 0.00000156. The third-order valence-electron chi connectivity index (χ3n) is 3.88. The van der Waals surface area contributed by atoms with Gasteiger partial charge in [-0.1, -0.05) is 0 Å². The number of rotatable bonds is 6. The fraction of sp³-hybridized carbons (Fsp3) is 0.500. The Hall–Kier alpha value is -1.12. The van der Waals surface area contributed by atoms with Crippen LogP contribution >= 0.6 is 36.2 Å². The molecular weight excluding hydrogens is 385 g/mol. The van der Waals surface area contributed by atoms with E-state index in [2.05, 4.69) is 4.98 Å². The molecule has 1 amide bonds. The number of likely N-dealkylation sites (tertiary alicyclic amines) is 1. The molecule has 3 rings (SSSR count). The van der Waals surface area contributed by atoms with Crippen LogP contribution in [-0.4, -0.2) is 48.1 Å². The van der Waals surface area contributed by atoms with Gasteiger partial charge in [0.2, 0.25) is 0 Å². The summed E-state index contributed by atoms with van der Waals surface area (Å²) in [5.74, 6) is 0.738. The zero-order valence-electron chi connectivity index (χ0n) is 13.8. The number of hydrogen-bond acceptors (Lipinski definition) is 6. The van der Waals surface area contributed by atoms with Crippen LogP contribution in [0.15, 0.2) is 29.0 Å². The smallest absolute Gasteiger partial charge is 0.265 e. The van der Waals surface area contributed by atoms with E-state index in [9.17, 15) is 4.79 Å². The first-order valence-corrected chi connectivity index (χ1v) is 8.70. The molecule has 1 aliphatic rings. The number of nitrogens with zero attached hydrogens (tertiary/aromatic N) is 2. The molecule has 1 aliphatic heterocycles. The largest absolute Gasteiger partial charge is 0.462 e. The minimum Gasteiger partial charge on any atom is -0.462 e. The Morgan fingerprint density at radius 3 is 2.80 bits per heavy atom. The second kappa shape index (κ2) is 10.8. The molecule has 2 aromatic heterocycles. The highest BCUT2D eigenvalue weighted by atomic mass is 35.5. The monoisotopic (exact) mass is 407 g/mol. The highest BCUT2D eigenvalue weighted by Crippen LogP contribution is 2.27. The van der Waals surface area contributed by atoms with Crippen molar-refractivity contribution in [3.63, 3.8) is 0 Å². The quantitative estimate of drug-likeness (QED) is 0.743. The third-order valence-corrected chi connectivity index (χ3v) is 4.88. The van der Waals surface area contributed by atoms with Gasteiger partial charge in [0.05, 0.1) is 18.6 Å².